The summed E-state index contributed by atoms with van der Waals surface area (Å²) in [6, 6.07) is 15.8. The predicted molar refractivity (Wildman–Crippen MR) is 118 cm³/mol. The molecule has 0 fully saturated rings. The van der Waals surface area contributed by atoms with Crippen LogP contribution in [0.4, 0.5) is 5.82 Å². The van der Waals surface area contributed by atoms with Crippen molar-refractivity contribution >= 4 is 11.7 Å². The Balaban J connectivity index is 1.59. The molecule has 3 aromatic rings. The van der Waals surface area contributed by atoms with Crippen molar-refractivity contribution in [2.24, 2.45) is 0 Å². The second-order valence-electron chi connectivity index (χ2n) is 6.86. The highest BCUT2D eigenvalue weighted by Gasteiger charge is 2.11. The van der Waals surface area contributed by atoms with Gasteiger partial charge in [-0.3, -0.25) is 4.79 Å². The molecule has 0 atom stereocenters. The molecule has 6 heteroatoms. The van der Waals surface area contributed by atoms with Crippen LogP contribution in [0.5, 0.6) is 11.5 Å². The van der Waals surface area contributed by atoms with E-state index in [0.29, 0.717) is 23.9 Å². The molecule has 0 bridgehead atoms. The van der Waals surface area contributed by atoms with Gasteiger partial charge in [-0.1, -0.05) is 43.3 Å². The molecule has 2 aromatic carbocycles. The number of anilines is 1. The molecule has 0 radical (unpaired) electrons. The maximum atomic E-state index is 12.4. The van der Waals surface area contributed by atoms with Gasteiger partial charge in [-0.15, -0.1) is 6.58 Å². The quantitative estimate of drug-likeness (QED) is 0.512. The molecule has 0 saturated heterocycles. The van der Waals surface area contributed by atoms with Crippen LogP contribution in [-0.4, -0.2) is 29.4 Å². The molecule has 1 heterocycles. The second kappa shape index (κ2) is 10.3. The van der Waals surface area contributed by atoms with Crippen LogP contribution in [0.1, 0.15) is 23.6 Å². The Bertz CT molecular complexity index is 993. The van der Waals surface area contributed by atoms with E-state index in [1.807, 2.05) is 18.2 Å². The number of aryl methyl sites for hydroxylation is 1. The summed E-state index contributed by atoms with van der Waals surface area (Å²) in [4.78, 5) is 12.4. The summed E-state index contributed by atoms with van der Waals surface area (Å²) in [7, 11) is 1.57. The SMILES string of the molecule is C=CCc1ccc(OCC(=O)Nc2ccnn2Cc2ccc(CC)cc2)c(OC)c1. The lowest BCUT2D eigenvalue weighted by Crippen LogP contribution is -2.22. The normalized spacial score (nSPS) is 10.5. The molecule has 1 aromatic heterocycles. The number of hydrogen-bond acceptors (Lipinski definition) is 4. The molecule has 1 N–H and O–H groups in total. The molecule has 0 spiro atoms. The summed E-state index contributed by atoms with van der Waals surface area (Å²) < 4.78 is 12.8. The number of aromatic nitrogens is 2. The van der Waals surface area contributed by atoms with Crippen LogP contribution in [0, 0.1) is 0 Å². The molecule has 0 saturated carbocycles. The number of benzene rings is 2. The zero-order valence-corrected chi connectivity index (χ0v) is 17.4. The molecule has 3 rings (SSSR count). The van der Waals surface area contributed by atoms with E-state index in [9.17, 15) is 4.79 Å². The summed E-state index contributed by atoms with van der Waals surface area (Å²) in [5.41, 5.74) is 3.47. The first-order chi connectivity index (χ1) is 14.6. The Kier molecular flexibility index (Phi) is 7.27. The number of nitrogens with one attached hydrogen (secondary N) is 1. The summed E-state index contributed by atoms with van der Waals surface area (Å²) in [6.45, 7) is 6.31. The molecular formula is C24H27N3O3. The highest BCUT2D eigenvalue weighted by molar-refractivity contribution is 5.91. The van der Waals surface area contributed by atoms with Crippen LogP contribution in [-0.2, 0) is 24.2 Å². The van der Waals surface area contributed by atoms with E-state index in [-0.39, 0.29) is 12.5 Å². The van der Waals surface area contributed by atoms with Crippen LogP contribution in [0.2, 0.25) is 0 Å². The number of amides is 1. The van der Waals surface area contributed by atoms with Crippen molar-refractivity contribution in [3.8, 4) is 11.5 Å². The van der Waals surface area contributed by atoms with Gasteiger partial charge in [0, 0.05) is 6.07 Å². The fraction of sp³-hybridized carbons (Fsp3) is 0.250. The molecule has 1 amide bonds. The first-order valence-electron chi connectivity index (χ1n) is 9.93. The van der Waals surface area contributed by atoms with E-state index in [1.165, 1.54) is 5.56 Å². The first kappa shape index (κ1) is 21.2. The van der Waals surface area contributed by atoms with Crippen LogP contribution < -0.4 is 14.8 Å². The third-order valence-corrected chi connectivity index (χ3v) is 4.71. The van der Waals surface area contributed by atoms with Crippen LogP contribution in [0.15, 0.2) is 67.4 Å². The van der Waals surface area contributed by atoms with Crippen molar-refractivity contribution in [1.82, 2.24) is 9.78 Å². The molecule has 6 nitrogen and oxygen atoms in total. The van der Waals surface area contributed by atoms with E-state index in [0.717, 1.165) is 24.0 Å². The number of hydrogen-bond donors (Lipinski definition) is 1. The second-order valence-corrected chi connectivity index (χ2v) is 6.86. The van der Waals surface area contributed by atoms with Crippen LogP contribution in [0.3, 0.4) is 0 Å². The van der Waals surface area contributed by atoms with E-state index < -0.39 is 0 Å². The minimum atomic E-state index is -0.268. The maximum Gasteiger partial charge on any atom is 0.263 e. The van der Waals surface area contributed by atoms with Gasteiger partial charge in [0.15, 0.2) is 18.1 Å². The number of ether oxygens (including phenoxy) is 2. The van der Waals surface area contributed by atoms with Gasteiger partial charge in [-0.2, -0.15) is 5.10 Å². The van der Waals surface area contributed by atoms with Gasteiger partial charge in [0.05, 0.1) is 19.9 Å². The first-order valence-corrected chi connectivity index (χ1v) is 9.93. The Morgan fingerprint density at radius 3 is 2.53 bits per heavy atom. The Hall–Kier alpha value is -3.54. The lowest BCUT2D eigenvalue weighted by Gasteiger charge is -2.13. The number of allylic oxidation sites excluding steroid dienone is 1. The fourth-order valence-corrected chi connectivity index (χ4v) is 3.07. The van der Waals surface area contributed by atoms with Gasteiger partial charge in [0.2, 0.25) is 0 Å². The van der Waals surface area contributed by atoms with Crippen molar-refractivity contribution in [1.29, 1.82) is 0 Å². The molecule has 0 aliphatic heterocycles. The number of carbonyl (C=O) groups is 1. The number of methoxy groups -OCH3 is 1. The third kappa shape index (κ3) is 5.50. The summed E-state index contributed by atoms with van der Waals surface area (Å²) in [6.07, 6.45) is 5.23. The lowest BCUT2D eigenvalue weighted by atomic mass is 10.1. The fourth-order valence-electron chi connectivity index (χ4n) is 3.07. The van der Waals surface area contributed by atoms with Gasteiger partial charge in [-0.25, -0.2) is 4.68 Å². The van der Waals surface area contributed by atoms with Crippen molar-refractivity contribution in [3.05, 3.63) is 84.1 Å². The summed E-state index contributed by atoms with van der Waals surface area (Å²) in [5, 5.41) is 7.17. The van der Waals surface area contributed by atoms with Gasteiger partial charge in [0.25, 0.3) is 5.91 Å². The van der Waals surface area contributed by atoms with E-state index in [2.05, 4.69) is 48.2 Å². The number of carbonyl (C=O) groups excluding carboxylic acids is 1. The predicted octanol–water partition coefficient (Wildman–Crippen LogP) is 4.25. The van der Waals surface area contributed by atoms with Crippen molar-refractivity contribution in [3.63, 3.8) is 0 Å². The zero-order valence-electron chi connectivity index (χ0n) is 17.4. The average Bonchev–Trinajstić information content (AvgIpc) is 3.19. The standard InChI is InChI=1S/C24H27N3O3/c1-4-6-19-11-12-21(22(15-19)29-3)30-17-24(28)26-23-13-14-25-27(23)16-20-9-7-18(5-2)8-10-20/h4,7-15H,1,5-6,16-17H2,2-3H3,(H,26,28). The van der Waals surface area contributed by atoms with Crippen molar-refractivity contribution in [2.75, 3.05) is 19.0 Å². The van der Waals surface area contributed by atoms with E-state index in [1.54, 1.807) is 30.1 Å². The summed E-state index contributed by atoms with van der Waals surface area (Å²) >= 11 is 0. The highest BCUT2D eigenvalue weighted by atomic mass is 16.5. The van der Waals surface area contributed by atoms with Gasteiger partial charge in [0.1, 0.15) is 5.82 Å². The zero-order chi connectivity index (χ0) is 21.3. The minimum Gasteiger partial charge on any atom is -0.493 e. The van der Waals surface area contributed by atoms with Gasteiger partial charge >= 0.3 is 0 Å². The van der Waals surface area contributed by atoms with Gasteiger partial charge < -0.3 is 14.8 Å². The third-order valence-electron chi connectivity index (χ3n) is 4.71. The highest BCUT2D eigenvalue weighted by Crippen LogP contribution is 2.28. The Labute approximate surface area is 177 Å². The topological polar surface area (TPSA) is 65.4 Å². The Morgan fingerprint density at radius 1 is 1.10 bits per heavy atom. The van der Waals surface area contributed by atoms with E-state index >= 15 is 0 Å². The van der Waals surface area contributed by atoms with Gasteiger partial charge in [-0.05, 0) is 41.7 Å². The molecule has 0 unspecified atom stereocenters. The van der Waals surface area contributed by atoms with E-state index in [4.69, 9.17) is 9.47 Å². The molecule has 156 valence electrons. The van der Waals surface area contributed by atoms with Crippen molar-refractivity contribution < 1.29 is 14.3 Å². The maximum absolute atomic E-state index is 12.4. The van der Waals surface area contributed by atoms with Crippen molar-refractivity contribution in [2.45, 2.75) is 26.3 Å². The van der Waals surface area contributed by atoms with Crippen LogP contribution >= 0.6 is 0 Å². The number of nitrogens with zero attached hydrogens (tertiary/aromatic N) is 2. The molecule has 30 heavy (non-hydrogen) atoms. The monoisotopic (exact) mass is 405 g/mol. The minimum absolute atomic E-state index is 0.131. The smallest absolute Gasteiger partial charge is 0.263 e. The lowest BCUT2D eigenvalue weighted by molar-refractivity contribution is -0.118. The molecule has 0 aliphatic carbocycles. The molecular weight excluding hydrogens is 378 g/mol. The number of rotatable bonds is 10. The molecule has 0 aliphatic rings. The Morgan fingerprint density at radius 2 is 1.83 bits per heavy atom. The average molecular weight is 405 g/mol. The summed E-state index contributed by atoms with van der Waals surface area (Å²) in [5.74, 6) is 1.46. The van der Waals surface area contributed by atoms with Crippen LogP contribution in [0.25, 0.3) is 0 Å². The largest absolute Gasteiger partial charge is 0.493 e.